The molecule has 0 saturated carbocycles. The Morgan fingerprint density at radius 3 is 2.50 bits per heavy atom. The third-order valence-electron chi connectivity index (χ3n) is 2.09. The minimum Gasteiger partial charge on any atom is -0.410 e. The van der Waals surface area contributed by atoms with E-state index in [0.29, 0.717) is 22.7 Å². The standard InChI is InChI=1S/C10H8FN3OS/c1-6-9(14-16-13-6)10(12-15)7-2-4-8(11)5-3-7/h2-5,15H,1H3. The van der Waals surface area contributed by atoms with E-state index in [1.165, 1.54) is 24.3 Å². The number of nitrogens with zero attached hydrogens (tertiary/aromatic N) is 3. The SMILES string of the molecule is Cc1nsnc1C(=NO)c1ccc(F)cc1. The first-order valence-corrected chi connectivity index (χ1v) is 5.23. The number of oxime groups is 1. The number of hydrogen-bond acceptors (Lipinski definition) is 5. The van der Waals surface area contributed by atoms with Crippen molar-refractivity contribution >= 4 is 17.4 Å². The summed E-state index contributed by atoms with van der Waals surface area (Å²) in [7, 11) is 0. The number of aryl methyl sites for hydroxylation is 1. The molecule has 4 nitrogen and oxygen atoms in total. The Kier molecular flexibility index (Phi) is 2.91. The lowest BCUT2D eigenvalue weighted by atomic mass is 10.1. The van der Waals surface area contributed by atoms with Gasteiger partial charge in [-0.3, -0.25) is 0 Å². The van der Waals surface area contributed by atoms with Gasteiger partial charge in [-0.05, 0) is 31.2 Å². The monoisotopic (exact) mass is 237 g/mol. The van der Waals surface area contributed by atoms with Crippen LogP contribution in [-0.4, -0.2) is 19.7 Å². The van der Waals surface area contributed by atoms with Gasteiger partial charge in [-0.15, -0.1) is 0 Å². The highest BCUT2D eigenvalue weighted by Crippen LogP contribution is 2.13. The van der Waals surface area contributed by atoms with Crippen LogP contribution in [0.1, 0.15) is 17.0 Å². The first-order chi connectivity index (χ1) is 7.72. The Bertz CT molecular complexity index is 521. The van der Waals surface area contributed by atoms with Gasteiger partial charge in [-0.1, -0.05) is 5.16 Å². The van der Waals surface area contributed by atoms with Crippen LogP contribution in [0.3, 0.4) is 0 Å². The van der Waals surface area contributed by atoms with E-state index in [9.17, 15) is 4.39 Å². The van der Waals surface area contributed by atoms with Crippen LogP contribution in [0, 0.1) is 12.7 Å². The van der Waals surface area contributed by atoms with Crippen LogP contribution in [0.15, 0.2) is 29.4 Å². The molecule has 0 unspecified atom stereocenters. The molecular weight excluding hydrogens is 229 g/mol. The van der Waals surface area contributed by atoms with Crippen molar-refractivity contribution in [2.24, 2.45) is 5.16 Å². The maximum Gasteiger partial charge on any atom is 0.138 e. The molecule has 0 atom stereocenters. The molecule has 0 bridgehead atoms. The molecular formula is C10H8FN3OS. The van der Waals surface area contributed by atoms with Crippen molar-refractivity contribution in [3.8, 4) is 0 Å². The lowest BCUT2D eigenvalue weighted by Crippen LogP contribution is -2.05. The zero-order valence-electron chi connectivity index (χ0n) is 8.38. The molecule has 1 aromatic carbocycles. The van der Waals surface area contributed by atoms with Crippen LogP contribution in [0.25, 0.3) is 0 Å². The summed E-state index contributed by atoms with van der Waals surface area (Å²) in [6.45, 7) is 1.77. The molecule has 0 radical (unpaired) electrons. The molecule has 16 heavy (non-hydrogen) atoms. The maximum absolute atomic E-state index is 12.7. The zero-order chi connectivity index (χ0) is 11.5. The molecule has 0 saturated heterocycles. The molecule has 0 aliphatic rings. The average molecular weight is 237 g/mol. The maximum atomic E-state index is 12.7. The summed E-state index contributed by atoms with van der Waals surface area (Å²) < 4.78 is 20.8. The third-order valence-corrected chi connectivity index (χ3v) is 2.71. The summed E-state index contributed by atoms with van der Waals surface area (Å²) in [5, 5.41) is 12.2. The molecule has 6 heteroatoms. The van der Waals surface area contributed by atoms with E-state index in [1.807, 2.05) is 0 Å². The van der Waals surface area contributed by atoms with Gasteiger partial charge < -0.3 is 5.21 Å². The Hall–Kier alpha value is -1.82. The van der Waals surface area contributed by atoms with Crippen LogP contribution in [0.4, 0.5) is 4.39 Å². The molecule has 0 spiro atoms. The van der Waals surface area contributed by atoms with Gasteiger partial charge >= 0.3 is 0 Å². The predicted octanol–water partition coefficient (Wildman–Crippen LogP) is 2.21. The topological polar surface area (TPSA) is 58.4 Å². The number of hydrogen-bond donors (Lipinski definition) is 1. The minimum absolute atomic E-state index is 0.297. The Morgan fingerprint density at radius 2 is 2.00 bits per heavy atom. The summed E-state index contributed by atoms with van der Waals surface area (Å²) in [5.74, 6) is -0.339. The van der Waals surface area contributed by atoms with Gasteiger partial charge in [0.15, 0.2) is 0 Å². The molecule has 0 aliphatic heterocycles. The van der Waals surface area contributed by atoms with Crippen molar-refractivity contribution in [2.75, 3.05) is 0 Å². The Labute approximate surface area is 95.4 Å². The van der Waals surface area contributed by atoms with E-state index in [0.717, 1.165) is 11.7 Å². The van der Waals surface area contributed by atoms with Crippen molar-refractivity contribution < 1.29 is 9.60 Å². The van der Waals surface area contributed by atoms with Gasteiger partial charge in [0.2, 0.25) is 0 Å². The van der Waals surface area contributed by atoms with Crippen LogP contribution in [0.5, 0.6) is 0 Å². The highest BCUT2D eigenvalue weighted by molar-refractivity contribution is 6.99. The lowest BCUT2D eigenvalue weighted by Gasteiger charge is -2.01. The molecule has 2 rings (SSSR count). The molecule has 2 aromatic rings. The number of aromatic nitrogens is 2. The van der Waals surface area contributed by atoms with E-state index in [2.05, 4.69) is 13.9 Å². The normalized spacial score (nSPS) is 11.8. The van der Waals surface area contributed by atoms with E-state index < -0.39 is 0 Å². The van der Waals surface area contributed by atoms with Gasteiger partial charge in [0.05, 0.1) is 17.4 Å². The highest BCUT2D eigenvalue weighted by atomic mass is 32.1. The van der Waals surface area contributed by atoms with Crippen molar-refractivity contribution in [2.45, 2.75) is 6.92 Å². The molecule has 0 amide bonds. The Balaban J connectivity index is 2.46. The van der Waals surface area contributed by atoms with E-state index in [1.54, 1.807) is 6.92 Å². The van der Waals surface area contributed by atoms with Gasteiger partial charge in [0.1, 0.15) is 17.2 Å². The van der Waals surface area contributed by atoms with Crippen LogP contribution >= 0.6 is 11.7 Å². The highest BCUT2D eigenvalue weighted by Gasteiger charge is 2.14. The van der Waals surface area contributed by atoms with E-state index in [-0.39, 0.29) is 5.82 Å². The second-order valence-corrected chi connectivity index (χ2v) is 3.68. The Morgan fingerprint density at radius 1 is 1.31 bits per heavy atom. The van der Waals surface area contributed by atoms with Gasteiger partial charge in [0, 0.05) is 5.56 Å². The zero-order valence-corrected chi connectivity index (χ0v) is 9.20. The van der Waals surface area contributed by atoms with Crippen LogP contribution in [-0.2, 0) is 0 Å². The molecule has 1 heterocycles. The minimum atomic E-state index is -0.339. The van der Waals surface area contributed by atoms with Gasteiger partial charge in [0.25, 0.3) is 0 Å². The number of benzene rings is 1. The summed E-state index contributed by atoms with van der Waals surface area (Å²) >= 11 is 1.04. The second kappa shape index (κ2) is 4.36. The molecule has 0 fully saturated rings. The first kappa shape index (κ1) is 10.7. The van der Waals surface area contributed by atoms with Crippen LogP contribution in [0.2, 0.25) is 0 Å². The lowest BCUT2D eigenvalue weighted by molar-refractivity contribution is 0.319. The van der Waals surface area contributed by atoms with Gasteiger partial charge in [-0.2, -0.15) is 8.75 Å². The fourth-order valence-corrected chi connectivity index (χ4v) is 1.85. The smallest absolute Gasteiger partial charge is 0.138 e. The van der Waals surface area contributed by atoms with Crippen molar-refractivity contribution in [3.05, 3.63) is 47.0 Å². The largest absolute Gasteiger partial charge is 0.410 e. The van der Waals surface area contributed by atoms with Gasteiger partial charge in [-0.25, -0.2) is 4.39 Å². The number of rotatable bonds is 2. The summed E-state index contributed by atoms with van der Waals surface area (Å²) in [6, 6.07) is 5.66. The quantitative estimate of drug-likeness (QED) is 0.495. The summed E-state index contributed by atoms with van der Waals surface area (Å²) in [5.41, 5.74) is 2.09. The van der Waals surface area contributed by atoms with E-state index >= 15 is 0 Å². The second-order valence-electron chi connectivity index (χ2n) is 3.15. The van der Waals surface area contributed by atoms with Crippen molar-refractivity contribution in [3.63, 3.8) is 0 Å². The summed E-state index contributed by atoms with van der Waals surface area (Å²) in [6.07, 6.45) is 0. The molecule has 1 aromatic heterocycles. The van der Waals surface area contributed by atoms with Crippen molar-refractivity contribution in [1.82, 2.24) is 8.75 Å². The molecule has 0 aliphatic carbocycles. The fourth-order valence-electron chi connectivity index (χ4n) is 1.30. The van der Waals surface area contributed by atoms with E-state index in [4.69, 9.17) is 5.21 Å². The van der Waals surface area contributed by atoms with Crippen molar-refractivity contribution in [1.29, 1.82) is 0 Å². The summed E-state index contributed by atoms with van der Waals surface area (Å²) in [4.78, 5) is 0. The average Bonchev–Trinajstić information content (AvgIpc) is 2.69. The molecule has 1 N–H and O–H groups in total. The fraction of sp³-hybridized carbons (Fsp3) is 0.100. The third kappa shape index (κ3) is 1.92. The van der Waals surface area contributed by atoms with Crippen LogP contribution < -0.4 is 0 Å². The number of halogens is 1. The first-order valence-electron chi connectivity index (χ1n) is 4.50. The predicted molar refractivity (Wildman–Crippen MR) is 58.5 cm³/mol. The molecule has 82 valence electrons.